The molecule has 138 valence electrons. The molecule has 1 amide bonds. The SMILES string of the molecule is Cc1cccc(C)c1NC(=O)C(C)n1nc(-c2ccc(F)cc2)ccc1=O. The average molecular weight is 365 g/mol. The van der Waals surface area contributed by atoms with Crippen LogP contribution in [0.25, 0.3) is 11.3 Å². The Hall–Kier alpha value is -3.28. The molecule has 0 spiro atoms. The Morgan fingerprint density at radius 2 is 1.67 bits per heavy atom. The second-order valence-corrected chi connectivity index (χ2v) is 6.44. The highest BCUT2D eigenvalue weighted by Crippen LogP contribution is 2.21. The average Bonchev–Trinajstić information content (AvgIpc) is 2.65. The summed E-state index contributed by atoms with van der Waals surface area (Å²) >= 11 is 0. The molecule has 5 nitrogen and oxygen atoms in total. The van der Waals surface area contributed by atoms with Crippen LogP contribution < -0.4 is 10.9 Å². The van der Waals surface area contributed by atoms with Gasteiger partial charge in [-0.2, -0.15) is 5.10 Å². The zero-order chi connectivity index (χ0) is 19.6. The lowest BCUT2D eigenvalue weighted by Gasteiger charge is -2.17. The van der Waals surface area contributed by atoms with E-state index in [0.29, 0.717) is 11.3 Å². The number of para-hydroxylation sites is 1. The summed E-state index contributed by atoms with van der Waals surface area (Å²) in [6, 6.07) is 13.6. The summed E-state index contributed by atoms with van der Waals surface area (Å²) < 4.78 is 14.3. The molecule has 0 aliphatic rings. The van der Waals surface area contributed by atoms with Crippen LogP contribution in [0.5, 0.6) is 0 Å². The van der Waals surface area contributed by atoms with E-state index < -0.39 is 6.04 Å². The first-order valence-corrected chi connectivity index (χ1v) is 8.59. The molecule has 3 rings (SSSR count). The zero-order valence-corrected chi connectivity index (χ0v) is 15.4. The Balaban J connectivity index is 1.91. The van der Waals surface area contributed by atoms with Crippen molar-refractivity contribution in [3.63, 3.8) is 0 Å². The van der Waals surface area contributed by atoms with Crippen molar-refractivity contribution in [3.05, 3.63) is 81.9 Å². The second kappa shape index (κ2) is 7.53. The molecule has 2 aromatic carbocycles. The Kier molecular flexibility index (Phi) is 5.16. The van der Waals surface area contributed by atoms with E-state index in [2.05, 4.69) is 10.4 Å². The van der Waals surface area contributed by atoms with E-state index >= 15 is 0 Å². The van der Waals surface area contributed by atoms with Gasteiger partial charge >= 0.3 is 0 Å². The Labute approximate surface area is 156 Å². The van der Waals surface area contributed by atoms with Crippen LogP contribution in [0, 0.1) is 19.7 Å². The highest BCUT2D eigenvalue weighted by atomic mass is 19.1. The fraction of sp³-hybridized carbons (Fsp3) is 0.190. The molecule has 1 N–H and O–H groups in total. The first-order valence-electron chi connectivity index (χ1n) is 8.59. The van der Waals surface area contributed by atoms with Gasteiger partial charge in [0.25, 0.3) is 5.56 Å². The van der Waals surface area contributed by atoms with Gasteiger partial charge in [-0.15, -0.1) is 0 Å². The monoisotopic (exact) mass is 365 g/mol. The molecule has 6 heteroatoms. The number of nitrogens with one attached hydrogen (secondary N) is 1. The van der Waals surface area contributed by atoms with Gasteiger partial charge in [0.15, 0.2) is 0 Å². The number of carbonyl (C=O) groups is 1. The van der Waals surface area contributed by atoms with Crippen LogP contribution in [0.3, 0.4) is 0 Å². The lowest BCUT2D eigenvalue weighted by Crippen LogP contribution is -2.33. The maximum atomic E-state index is 13.1. The molecule has 0 saturated heterocycles. The van der Waals surface area contributed by atoms with Crippen LogP contribution in [-0.2, 0) is 4.79 Å². The van der Waals surface area contributed by atoms with Crippen LogP contribution in [0.15, 0.2) is 59.4 Å². The first-order chi connectivity index (χ1) is 12.9. The molecule has 1 heterocycles. The standard InChI is InChI=1S/C21H20FN3O2/c1-13-5-4-6-14(2)20(13)23-21(27)15(3)25-19(26)12-11-18(24-25)16-7-9-17(22)10-8-16/h4-12,15H,1-3H3,(H,23,27). The van der Waals surface area contributed by atoms with Crippen molar-refractivity contribution < 1.29 is 9.18 Å². The minimum atomic E-state index is -0.808. The predicted octanol–water partition coefficient (Wildman–Crippen LogP) is 3.87. The molecular formula is C21H20FN3O2. The molecule has 0 bridgehead atoms. The molecule has 1 unspecified atom stereocenters. The van der Waals surface area contributed by atoms with Gasteiger partial charge in [-0.25, -0.2) is 9.07 Å². The lowest BCUT2D eigenvalue weighted by atomic mass is 10.1. The third-order valence-electron chi connectivity index (χ3n) is 4.44. The number of hydrogen-bond donors (Lipinski definition) is 1. The quantitative estimate of drug-likeness (QED) is 0.763. The molecule has 0 radical (unpaired) electrons. The number of aromatic nitrogens is 2. The first kappa shape index (κ1) is 18.5. The van der Waals surface area contributed by atoms with Crippen molar-refractivity contribution in [2.24, 2.45) is 0 Å². The van der Waals surface area contributed by atoms with Crippen molar-refractivity contribution in [2.75, 3.05) is 5.32 Å². The van der Waals surface area contributed by atoms with Crippen molar-refractivity contribution >= 4 is 11.6 Å². The molecule has 0 aliphatic carbocycles. The molecule has 0 fully saturated rings. The van der Waals surface area contributed by atoms with E-state index in [0.717, 1.165) is 21.5 Å². The van der Waals surface area contributed by atoms with E-state index in [1.807, 2.05) is 32.0 Å². The fourth-order valence-electron chi connectivity index (χ4n) is 2.83. The summed E-state index contributed by atoms with van der Waals surface area (Å²) in [6.07, 6.45) is 0. The third-order valence-corrected chi connectivity index (χ3v) is 4.44. The maximum Gasteiger partial charge on any atom is 0.267 e. The van der Waals surface area contributed by atoms with Gasteiger partial charge in [0.2, 0.25) is 5.91 Å². The van der Waals surface area contributed by atoms with Crippen LogP contribution in [0.4, 0.5) is 10.1 Å². The van der Waals surface area contributed by atoms with Crippen LogP contribution >= 0.6 is 0 Å². The topological polar surface area (TPSA) is 64.0 Å². The van der Waals surface area contributed by atoms with E-state index in [9.17, 15) is 14.0 Å². The fourth-order valence-corrected chi connectivity index (χ4v) is 2.83. The minimum absolute atomic E-state index is 0.335. The molecular weight excluding hydrogens is 345 g/mol. The van der Waals surface area contributed by atoms with E-state index in [1.54, 1.807) is 25.1 Å². The highest BCUT2D eigenvalue weighted by Gasteiger charge is 2.19. The van der Waals surface area contributed by atoms with Gasteiger partial charge < -0.3 is 5.32 Å². The van der Waals surface area contributed by atoms with Crippen molar-refractivity contribution in [2.45, 2.75) is 26.8 Å². The van der Waals surface area contributed by atoms with Crippen LogP contribution in [0.2, 0.25) is 0 Å². The maximum absolute atomic E-state index is 13.1. The molecule has 0 saturated carbocycles. The molecule has 0 aliphatic heterocycles. The smallest absolute Gasteiger partial charge is 0.267 e. The van der Waals surface area contributed by atoms with E-state index in [1.165, 1.54) is 18.2 Å². The number of rotatable bonds is 4. The zero-order valence-electron chi connectivity index (χ0n) is 15.4. The number of amides is 1. The van der Waals surface area contributed by atoms with Gasteiger partial charge in [-0.05, 0) is 62.2 Å². The minimum Gasteiger partial charge on any atom is -0.324 e. The summed E-state index contributed by atoms with van der Waals surface area (Å²) in [6.45, 7) is 5.44. The van der Waals surface area contributed by atoms with Crippen molar-refractivity contribution in [1.29, 1.82) is 0 Å². The molecule has 27 heavy (non-hydrogen) atoms. The Morgan fingerprint density at radius 3 is 2.30 bits per heavy atom. The molecule has 3 aromatic rings. The summed E-state index contributed by atoms with van der Waals surface area (Å²) in [4.78, 5) is 25.0. The summed E-state index contributed by atoms with van der Waals surface area (Å²) in [5.41, 5.74) is 3.38. The van der Waals surface area contributed by atoms with Crippen molar-refractivity contribution in [1.82, 2.24) is 9.78 Å². The summed E-state index contributed by atoms with van der Waals surface area (Å²) in [5.74, 6) is -0.688. The van der Waals surface area contributed by atoms with Gasteiger partial charge in [-0.3, -0.25) is 9.59 Å². The van der Waals surface area contributed by atoms with Crippen molar-refractivity contribution in [3.8, 4) is 11.3 Å². The Morgan fingerprint density at radius 1 is 1.04 bits per heavy atom. The predicted molar refractivity (Wildman–Crippen MR) is 103 cm³/mol. The van der Waals surface area contributed by atoms with Crippen LogP contribution in [-0.4, -0.2) is 15.7 Å². The number of benzene rings is 2. The van der Waals surface area contributed by atoms with Gasteiger partial charge in [-0.1, -0.05) is 18.2 Å². The van der Waals surface area contributed by atoms with Gasteiger partial charge in [0, 0.05) is 17.3 Å². The number of anilines is 1. The van der Waals surface area contributed by atoms with Crippen LogP contribution in [0.1, 0.15) is 24.1 Å². The number of halogens is 1. The van der Waals surface area contributed by atoms with E-state index in [4.69, 9.17) is 0 Å². The summed E-state index contributed by atoms with van der Waals surface area (Å²) in [7, 11) is 0. The highest BCUT2D eigenvalue weighted by molar-refractivity contribution is 5.94. The van der Waals surface area contributed by atoms with E-state index in [-0.39, 0.29) is 17.3 Å². The largest absolute Gasteiger partial charge is 0.324 e. The number of carbonyl (C=O) groups excluding carboxylic acids is 1. The lowest BCUT2D eigenvalue weighted by molar-refractivity contribution is -0.119. The molecule has 1 aromatic heterocycles. The van der Waals surface area contributed by atoms with Gasteiger partial charge in [0.1, 0.15) is 11.9 Å². The van der Waals surface area contributed by atoms with Gasteiger partial charge in [0.05, 0.1) is 5.69 Å². The normalized spacial score (nSPS) is 11.9. The summed E-state index contributed by atoms with van der Waals surface area (Å²) in [5, 5.41) is 7.18. The molecule has 1 atom stereocenters. The Bertz CT molecular complexity index is 1020. The third kappa shape index (κ3) is 3.95. The number of aryl methyl sites for hydroxylation is 2. The number of nitrogens with zero attached hydrogens (tertiary/aromatic N) is 2. The number of hydrogen-bond acceptors (Lipinski definition) is 3. The second-order valence-electron chi connectivity index (χ2n) is 6.44.